The van der Waals surface area contributed by atoms with E-state index in [1.807, 2.05) is 25.7 Å². The third-order valence-corrected chi connectivity index (χ3v) is 3.37. The van der Waals surface area contributed by atoms with Crippen molar-refractivity contribution in [2.45, 2.75) is 33.2 Å². The van der Waals surface area contributed by atoms with Gasteiger partial charge in [-0.25, -0.2) is 0 Å². The number of carbonyl (C=O) groups excluding carboxylic acids is 1. The lowest BCUT2D eigenvalue weighted by Crippen LogP contribution is -2.59. The lowest BCUT2D eigenvalue weighted by Gasteiger charge is -2.37. The summed E-state index contributed by atoms with van der Waals surface area (Å²) < 4.78 is 5.08. The van der Waals surface area contributed by atoms with Crippen molar-refractivity contribution >= 4 is 5.91 Å². The van der Waals surface area contributed by atoms with Crippen LogP contribution < -0.4 is 5.32 Å². The molecule has 1 aliphatic heterocycles. The fourth-order valence-corrected chi connectivity index (χ4v) is 2.14. The fraction of sp³-hybridized carbons (Fsp3) is 0.667. The molecule has 2 heterocycles. The smallest absolute Gasteiger partial charge is 0.227 e. The van der Waals surface area contributed by atoms with E-state index in [2.05, 4.69) is 10.5 Å². The van der Waals surface area contributed by atoms with Crippen LogP contribution in [0.5, 0.6) is 0 Å². The summed E-state index contributed by atoms with van der Waals surface area (Å²) in [6.07, 6.45) is 0.394. The Labute approximate surface area is 101 Å². The summed E-state index contributed by atoms with van der Waals surface area (Å²) >= 11 is 0. The predicted molar refractivity (Wildman–Crippen MR) is 63.7 cm³/mol. The van der Waals surface area contributed by atoms with Crippen LogP contribution in [0.4, 0.5) is 0 Å². The first-order valence-electron chi connectivity index (χ1n) is 6.05. The number of carbonyl (C=O) groups is 1. The molecule has 0 radical (unpaired) electrons. The van der Waals surface area contributed by atoms with Gasteiger partial charge in [-0.3, -0.25) is 4.79 Å². The first-order chi connectivity index (χ1) is 8.13. The summed E-state index contributed by atoms with van der Waals surface area (Å²) in [5.74, 6) is 0.909. The Balaban J connectivity index is 2.04. The molecule has 1 aromatic rings. The van der Waals surface area contributed by atoms with Crippen molar-refractivity contribution in [3.63, 3.8) is 0 Å². The van der Waals surface area contributed by atoms with Gasteiger partial charge in [-0.1, -0.05) is 5.16 Å². The lowest BCUT2D eigenvalue weighted by atomic mass is 10.1. The summed E-state index contributed by atoms with van der Waals surface area (Å²) in [7, 11) is 0. The second kappa shape index (κ2) is 4.87. The van der Waals surface area contributed by atoms with Gasteiger partial charge in [0, 0.05) is 25.2 Å². The van der Waals surface area contributed by atoms with Crippen molar-refractivity contribution < 1.29 is 9.32 Å². The van der Waals surface area contributed by atoms with E-state index in [-0.39, 0.29) is 5.91 Å². The van der Waals surface area contributed by atoms with Crippen LogP contribution in [0.1, 0.15) is 23.9 Å². The molecule has 17 heavy (non-hydrogen) atoms. The molecule has 1 N–H and O–H groups in total. The monoisotopic (exact) mass is 237 g/mol. The first kappa shape index (κ1) is 12.1. The van der Waals surface area contributed by atoms with Gasteiger partial charge in [-0.05, 0) is 20.8 Å². The summed E-state index contributed by atoms with van der Waals surface area (Å²) in [6, 6.07) is 0.355. The molecule has 94 valence electrons. The van der Waals surface area contributed by atoms with Crippen LogP contribution in [0.3, 0.4) is 0 Å². The molecular weight excluding hydrogens is 218 g/mol. The van der Waals surface area contributed by atoms with Crippen LogP contribution in [-0.2, 0) is 11.2 Å². The number of hydrogen-bond donors (Lipinski definition) is 1. The molecule has 1 saturated heterocycles. The van der Waals surface area contributed by atoms with Crippen LogP contribution in [0, 0.1) is 13.8 Å². The van der Waals surface area contributed by atoms with Gasteiger partial charge < -0.3 is 14.7 Å². The van der Waals surface area contributed by atoms with Crippen molar-refractivity contribution in [1.82, 2.24) is 15.4 Å². The number of rotatable bonds is 4. The Morgan fingerprint density at radius 2 is 2.24 bits per heavy atom. The van der Waals surface area contributed by atoms with Gasteiger partial charge in [0.25, 0.3) is 0 Å². The van der Waals surface area contributed by atoms with Gasteiger partial charge in [0.2, 0.25) is 5.91 Å². The Bertz CT molecular complexity index is 390. The molecule has 0 unspecified atom stereocenters. The van der Waals surface area contributed by atoms with E-state index < -0.39 is 0 Å². The van der Waals surface area contributed by atoms with Crippen molar-refractivity contribution in [2.24, 2.45) is 0 Å². The van der Waals surface area contributed by atoms with Crippen LogP contribution in [0.25, 0.3) is 0 Å². The Morgan fingerprint density at radius 3 is 2.65 bits per heavy atom. The number of aryl methyl sites for hydroxylation is 2. The Kier molecular flexibility index (Phi) is 3.47. The Hall–Kier alpha value is -1.36. The molecule has 0 saturated carbocycles. The number of nitrogens with one attached hydrogen (secondary N) is 1. The maximum absolute atomic E-state index is 12.2. The van der Waals surface area contributed by atoms with Crippen LogP contribution >= 0.6 is 0 Å². The number of aromatic nitrogens is 1. The molecule has 1 aromatic heterocycles. The van der Waals surface area contributed by atoms with Gasteiger partial charge in [0.15, 0.2) is 0 Å². The zero-order valence-corrected chi connectivity index (χ0v) is 10.6. The highest BCUT2D eigenvalue weighted by molar-refractivity contribution is 5.79. The van der Waals surface area contributed by atoms with Gasteiger partial charge in [-0.15, -0.1) is 0 Å². The largest absolute Gasteiger partial charge is 0.361 e. The SMILES string of the molecule is CCN(C(=O)Cc1c(C)noc1C)C1CNC1. The molecule has 0 aromatic carbocycles. The highest BCUT2D eigenvalue weighted by Crippen LogP contribution is 2.15. The summed E-state index contributed by atoms with van der Waals surface area (Å²) in [5.41, 5.74) is 1.75. The fourth-order valence-electron chi connectivity index (χ4n) is 2.14. The second-order valence-corrected chi connectivity index (χ2v) is 4.47. The molecule has 2 rings (SSSR count). The normalized spacial score (nSPS) is 15.7. The molecule has 0 atom stereocenters. The maximum atomic E-state index is 12.2. The molecular formula is C12H19N3O2. The minimum atomic E-state index is 0.161. The zero-order chi connectivity index (χ0) is 12.4. The summed E-state index contributed by atoms with van der Waals surface area (Å²) in [6.45, 7) is 8.31. The topological polar surface area (TPSA) is 58.4 Å². The van der Waals surface area contributed by atoms with E-state index in [0.717, 1.165) is 36.7 Å². The van der Waals surface area contributed by atoms with E-state index in [1.165, 1.54) is 0 Å². The highest BCUT2D eigenvalue weighted by atomic mass is 16.5. The minimum absolute atomic E-state index is 0.161. The molecule has 5 nitrogen and oxygen atoms in total. The second-order valence-electron chi connectivity index (χ2n) is 4.47. The van der Waals surface area contributed by atoms with Gasteiger partial charge in [-0.2, -0.15) is 0 Å². The maximum Gasteiger partial charge on any atom is 0.227 e. The van der Waals surface area contributed by atoms with Crippen molar-refractivity contribution in [1.29, 1.82) is 0 Å². The van der Waals surface area contributed by atoms with Crippen molar-refractivity contribution in [2.75, 3.05) is 19.6 Å². The summed E-state index contributed by atoms with van der Waals surface area (Å²) in [4.78, 5) is 14.1. The number of nitrogens with zero attached hydrogens (tertiary/aromatic N) is 2. The van der Waals surface area contributed by atoms with E-state index in [9.17, 15) is 4.79 Å². The van der Waals surface area contributed by atoms with E-state index >= 15 is 0 Å². The lowest BCUT2D eigenvalue weighted by molar-refractivity contribution is -0.133. The molecule has 0 bridgehead atoms. The molecule has 0 spiro atoms. The number of likely N-dealkylation sites (N-methyl/N-ethyl adjacent to an activating group) is 1. The van der Waals surface area contributed by atoms with E-state index in [1.54, 1.807) is 0 Å². The van der Waals surface area contributed by atoms with Crippen LogP contribution in [-0.4, -0.2) is 41.6 Å². The van der Waals surface area contributed by atoms with Gasteiger partial charge in [0.05, 0.1) is 18.2 Å². The highest BCUT2D eigenvalue weighted by Gasteiger charge is 2.28. The third-order valence-electron chi connectivity index (χ3n) is 3.37. The molecule has 1 amide bonds. The molecule has 1 aliphatic rings. The van der Waals surface area contributed by atoms with Gasteiger partial charge >= 0.3 is 0 Å². The van der Waals surface area contributed by atoms with Crippen molar-refractivity contribution in [3.05, 3.63) is 17.0 Å². The van der Waals surface area contributed by atoms with Crippen LogP contribution in [0.15, 0.2) is 4.52 Å². The summed E-state index contributed by atoms with van der Waals surface area (Å²) in [5, 5.41) is 7.06. The average Bonchev–Trinajstić information content (AvgIpc) is 2.54. The quantitative estimate of drug-likeness (QED) is 0.835. The average molecular weight is 237 g/mol. The van der Waals surface area contributed by atoms with Gasteiger partial charge in [0.1, 0.15) is 5.76 Å². The van der Waals surface area contributed by atoms with Crippen molar-refractivity contribution in [3.8, 4) is 0 Å². The Morgan fingerprint density at radius 1 is 1.53 bits per heavy atom. The molecule has 1 fully saturated rings. The van der Waals surface area contributed by atoms with E-state index in [4.69, 9.17) is 4.52 Å². The number of hydrogen-bond acceptors (Lipinski definition) is 4. The zero-order valence-electron chi connectivity index (χ0n) is 10.6. The van der Waals surface area contributed by atoms with E-state index in [0.29, 0.717) is 12.5 Å². The molecule has 5 heteroatoms. The van der Waals surface area contributed by atoms with Crippen LogP contribution in [0.2, 0.25) is 0 Å². The minimum Gasteiger partial charge on any atom is -0.361 e. The predicted octanol–water partition coefficient (Wildman–Crippen LogP) is 0.654. The number of amides is 1. The third kappa shape index (κ3) is 2.34. The standard InChI is InChI=1S/C12H19N3O2/c1-4-15(10-6-13-7-10)12(16)5-11-8(2)14-17-9(11)3/h10,13H,4-7H2,1-3H3. The first-order valence-corrected chi connectivity index (χ1v) is 6.05. The molecule has 0 aliphatic carbocycles.